The zero-order valence-electron chi connectivity index (χ0n) is 43.3. The number of carbonyl (C=O) groups excluding carboxylic acids is 3. The van der Waals surface area contributed by atoms with E-state index in [0.717, 1.165) is 96.3 Å². The van der Waals surface area contributed by atoms with E-state index in [2.05, 4.69) is 69.4 Å². The molecule has 0 unspecified atom stereocenters. The molecular formula is C59H106O6. The minimum atomic E-state index is -0.779. The van der Waals surface area contributed by atoms with Crippen LogP contribution in [0.15, 0.2) is 48.6 Å². The summed E-state index contributed by atoms with van der Waals surface area (Å²) in [6.45, 7) is 6.54. The molecule has 0 bridgehead atoms. The van der Waals surface area contributed by atoms with E-state index in [4.69, 9.17) is 14.2 Å². The van der Waals surface area contributed by atoms with Gasteiger partial charge in [-0.25, -0.2) is 0 Å². The molecular weight excluding hydrogens is 805 g/mol. The van der Waals surface area contributed by atoms with Crippen LogP contribution < -0.4 is 0 Å². The van der Waals surface area contributed by atoms with Crippen LogP contribution in [0.25, 0.3) is 0 Å². The van der Waals surface area contributed by atoms with E-state index in [1.54, 1.807) is 0 Å². The smallest absolute Gasteiger partial charge is 0.306 e. The zero-order valence-corrected chi connectivity index (χ0v) is 43.3. The normalized spacial score (nSPS) is 12.4. The predicted octanol–water partition coefficient (Wildman–Crippen LogP) is 18.7. The van der Waals surface area contributed by atoms with Crippen LogP contribution in [0.3, 0.4) is 0 Å². The Kier molecular flexibility index (Phi) is 51.8. The summed E-state index contributed by atoms with van der Waals surface area (Å²) in [5.41, 5.74) is 0. The van der Waals surface area contributed by atoms with E-state index in [-0.39, 0.29) is 31.1 Å². The predicted molar refractivity (Wildman–Crippen MR) is 279 cm³/mol. The fraction of sp³-hybridized carbons (Fsp3) is 0.814. The largest absolute Gasteiger partial charge is 0.462 e. The van der Waals surface area contributed by atoms with Crippen molar-refractivity contribution in [2.24, 2.45) is 0 Å². The number of rotatable bonds is 51. The van der Waals surface area contributed by atoms with Gasteiger partial charge in [0.25, 0.3) is 0 Å². The molecule has 0 aliphatic carbocycles. The van der Waals surface area contributed by atoms with Gasteiger partial charge in [0.2, 0.25) is 0 Å². The molecule has 0 saturated heterocycles. The highest BCUT2D eigenvalue weighted by Gasteiger charge is 2.19. The van der Waals surface area contributed by atoms with Crippen molar-refractivity contribution >= 4 is 17.9 Å². The first-order chi connectivity index (χ1) is 32.0. The molecule has 378 valence electrons. The van der Waals surface area contributed by atoms with Gasteiger partial charge < -0.3 is 14.2 Å². The molecule has 0 N–H and O–H groups in total. The Hall–Kier alpha value is -2.63. The molecule has 0 aromatic rings. The van der Waals surface area contributed by atoms with Crippen LogP contribution in [0.2, 0.25) is 0 Å². The lowest BCUT2D eigenvalue weighted by Gasteiger charge is -2.18. The van der Waals surface area contributed by atoms with Crippen molar-refractivity contribution in [3.63, 3.8) is 0 Å². The quantitative estimate of drug-likeness (QED) is 0.0262. The molecule has 0 fully saturated rings. The van der Waals surface area contributed by atoms with Crippen molar-refractivity contribution in [3.05, 3.63) is 48.6 Å². The molecule has 0 spiro atoms. The van der Waals surface area contributed by atoms with Crippen molar-refractivity contribution in [2.45, 2.75) is 297 Å². The van der Waals surface area contributed by atoms with Crippen molar-refractivity contribution in [1.82, 2.24) is 0 Å². The number of hydrogen-bond acceptors (Lipinski definition) is 6. The summed E-state index contributed by atoms with van der Waals surface area (Å²) in [5, 5.41) is 0. The van der Waals surface area contributed by atoms with E-state index < -0.39 is 6.10 Å². The maximum atomic E-state index is 12.8. The lowest BCUT2D eigenvalue weighted by atomic mass is 10.0. The van der Waals surface area contributed by atoms with Gasteiger partial charge in [-0.3, -0.25) is 14.4 Å². The maximum Gasteiger partial charge on any atom is 0.306 e. The number of ether oxygens (including phenoxy) is 3. The van der Waals surface area contributed by atoms with E-state index in [1.165, 1.54) is 154 Å². The number of unbranched alkanes of at least 4 members (excludes halogenated alkanes) is 32. The Bertz CT molecular complexity index is 1140. The van der Waals surface area contributed by atoms with Crippen LogP contribution >= 0.6 is 0 Å². The van der Waals surface area contributed by atoms with Gasteiger partial charge in [0, 0.05) is 19.3 Å². The third-order valence-corrected chi connectivity index (χ3v) is 12.3. The average molecular weight is 911 g/mol. The van der Waals surface area contributed by atoms with Crippen molar-refractivity contribution in [1.29, 1.82) is 0 Å². The van der Waals surface area contributed by atoms with Gasteiger partial charge in [0.15, 0.2) is 6.10 Å². The Balaban J connectivity index is 4.36. The molecule has 0 heterocycles. The Morgan fingerprint density at radius 1 is 0.323 bits per heavy atom. The van der Waals surface area contributed by atoms with Crippen LogP contribution in [0.1, 0.15) is 290 Å². The third kappa shape index (κ3) is 52.2. The maximum absolute atomic E-state index is 12.8. The number of esters is 3. The molecule has 0 saturated carbocycles. The lowest BCUT2D eigenvalue weighted by molar-refractivity contribution is -0.167. The van der Waals surface area contributed by atoms with Gasteiger partial charge in [-0.15, -0.1) is 0 Å². The second-order valence-electron chi connectivity index (χ2n) is 18.8. The Labute approximate surface area is 403 Å². The summed E-state index contributed by atoms with van der Waals surface area (Å²) < 4.78 is 16.8. The van der Waals surface area contributed by atoms with E-state index >= 15 is 0 Å². The van der Waals surface area contributed by atoms with Crippen LogP contribution in [0.4, 0.5) is 0 Å². The summed E-state index contributed by atoms with van der Waals surface area (Å²) >= 11 is 0. The monoisotopic (exact) mass is 911 g/mol. The Morgan fingerprint density at radius 3 is 0.938 bits per heavy atom. The number of hydrogen-bond donors (Lipinski definition) is 0. The van der Waals surface area contributed by atoms with Gasteiger partial charge in [-0.2, -0.15) is 0 Å². The van der Waals surface area contributed by atoms with E-state index in [9.17, 15) is 14.4 Å². The SMILES string of the molecule is CC/C=C\C/C=C\C/C=C\C/C=C\CCCCCCC(=O)OC[C@H](COC(=O)CCCCCCCCCCCCCCCCCCC)OC(=O)CCCCCCCCCCCCCCC. The van der Waals surface area contributed by atoms with E-state index in [1.807, 2.05) is 0 Å². The lowest BCUT2D eigenvalue weighted by Crippen LogP contribution is -2.30. The topological polar surface area (TPSA) is 78.9 Å². The van der Waals surface area contributed by atoms with Gasteiger partial charge in [-0.1, -0.05) is 262 Å². The molecule has 0 aromatic heterocycles. The van der Waals surface area contributed by atoms with Gasteiger partial charge in [-0.05, 0) is 57.8 Å². The second-order valence-corrected chi connectivity index (χ2v) is 18.8. The van der Waals surface area contributed by atoms with Gasteiger partial charge in [0.05, 0.1) is 0 Å². The summed E-state index contributed by atoms with van der Waals surface area (Å²) in [5.74, 6) is -0.886. The summed E-state index contributed by atoms with van der Waals surface area (Å²) in [6, 6.07) is 0. The third-order valence-electron chi connectivity index (χ3n) is 12.3. The Morgan fingerprint density at radius 2 is 0.600 bits per heavy atom. The molecule has 1 atom stereocenters. The molecule has 0 rings (SSSR count). The minimum absolute atomic E-state index is 0.0767. The number of carbonyl (C=O) groups is 3. The molecule has 0 amide bonds. The van der Waals surface area contributed by atoms with Crippen molar-refractivity contribution in [2.75, 3.05) is 13.2 Å². The van der Waals surface area contributed by atoms with Crippen LogP contribution in [-0.4, -0.2) is 37.2 Å². The first-order valence-corrected chi connectivity index (χ1v) is 28.1. The molecule has 0 aromatic carbocycles. The fourth-order valence-corrected chi connectivity index (χ4v) is 8.14. The van der Waals surface area contributed by atoms with E-state index in [0.29, 0.717) is 19.3 Å². The van der Waals surface area contributed by atoms with Crippen LogP contribution in [0.5, 0.6) is 0 Å². The average Bonchev–Trinajstić information content (AvgIpc) is 3.30. The molecule has 65 heavy (non-hydrogen) atoms. The molecule has 0 radical (unpaired) electrons. The highest BCUT2D eigenvalue weighted by Crippen LogP contribution is 2.16. The zero-order chi connectivity index (χ0) is 47.2. The summed E-state index contributed by atoms with van der Waals surface area (Å²) in [4.78, 5) is 38.1. The van der Waals surface area contributed by atoms with Crippen LogP contribution in [0, 0.1) is 0 Å². The highest BCUT2D eigenvalue weighted by molar-refractivity contribution is 5.71. The molecule has 0 aliphatic heterocycles. The highest BCUT2D eigenvalue weighted by atomic mass is 16.6. The summed E-state index contributed by atoms with van der Waals surface area (Å²) in [7, 11) is 0. The van der Waals surface area contributed by atoms with Crippen molar-refractivity contribution in [3.8, 4) is 0 Å². The minimum Gasteiger partial charge on any atom is -0.462 e. The molecule has 0 aliphatic rings. The standard InChI is InChI=1S/C59H106O6/c1-4-7-10-13-16-19-22-25-27-29-31-34-36-39-42-45-48-51-57(60)63-54-56(65-59(62)53-50-47-44-41-38-33-24-21-18-15-12-9-6-3)55-64-58(61)52-49-46-43-40-37-35-32-30-28-26-23-20-17-14-11-8-5-2/h7,10,16,19,25,27,31,34,56H,4-6,8-9,11-15,17-18,20-24,26,28-30,32-33,35-55H2,1-3H3/b10-7-,19-16-,27-25-,34-31-/t56-/m1/s1. The summed E-state index contributed by atoms with van der Waals surface area (Å²) in [6.07, 6.45) is 65.2. The van der Waals surface area contributed by atoms with Gasteiger partial charge >= 0.3 is 17.9 Å². The second kappa shape index (κ2) is 54.0. The van der Waals surface area contributed by atoms with Gasteiger partial charge in [0.1, 0.15) is 13.2 Å². The molecule has 6 nitrogen and oxygen atoms in total. The first-order valence-electron chi connectivity index (χ1n) is 28.1. The van der Waals surface area contributed by atoms with Crippen LogP contribution in [-0.2, 0) is 28.6 Å². The number of allylic oxidation sites excluding steroid dienone is 8. The molecule has 6 heteroatoms. The first kappa shape index (κ1) is 62.4. The van der Waals surface area contributed by atoms with Crippen molar-refractivity contribution < 1.29 is 28.6 Å². The fourth-order valence-electron chi connectivity index (χ4n) is 8.14.